The molecule has 0 saturated carbocycles. The zero-order valence-electron chi connectivity index (χ0n) is 6.30. The van der Waals surface area contributed by atoms with Crippen molar-refractivity contribution in [2.24, 2.45) is 4.99 Å². The molecular weight excluding hydrogens is 127 g/mol. The summed E-state index contributed by atoms with van der Waals surface area (Å²) in [7, 11) is 3.02. The summed E-state index contributed by atoms with van der Waals surface area (Å²) >= 11 is 0. The SMILES string of the molecule is CN=C(C)C(=O)[N-]C.[Na+]. The van der Waals surface area contributed by atoms with Crippen LogP contribution in [0.4, 0.5) is 0 Å². The minimum Gasteiger partial charge on any atom is -0.651 e. The molecule has 0 aliphatic rings. The first kappa shape index (κ1) is 11.9. The van der Waals surface area contributed by atoms with E-state index >= 15 is 0 Å². The number of hydrogen-bond donors (Lipinski definition) is 0. The first-order valence-electron chi connectivity index (χ1n) is 2.30. The van der Waals surface area contributed by atoms with E-state index in [1.54, 1.807) is 14.0 Å². The molecule has 46 valence electrons. The molecule has 0 atom stereocenters. The van der Waals surface area contributed by atoms with Gasteiger partial charge in [0.1, 0.15) is 0 Å². The van der Waals surface area contributed by atoms with Gasteiger partial charge >= 0.3 is 29.6 Å². The van der Waals surface area contributed by atoms with Crippen molar-refractivity contribution >= 4 is 11.6 Å². The summed E-state index contributed by atoms with van der Waals surface area (Å²) in [5.41, 5.74) is 0.451. The number of rotatable bonds is 1. The molecule has 0 saturated heterocycles. The van der Waals surface area contributed by atoms with Crippen molar-refractivity contribution in [1.82, 2.24) is 0 Å². The largest absolute Gasteiger partial charge is 1.00 e. The molecule has 0 aliphatic carbocycles. The molecule has 0 spiro atoms. The molecule has 4 heteroatoms. The predicted octanol–water partition coefficient (Wildman–Crippen LogP) is -2.39. The third-order valence-electron chi connectivity index (χ3n) is 0.848. The normalized spacial score (nSPS) is 9.89. The Labute approximate surface area is 77.2 Å². The summed E-state index contributed by atoms with van der Waals surface area (Å²) in [5, 5.41) is 3.39. The molecule has 0 aliphatic heterocycles. The number of hydrogen-bond acceptors (Lipinski definition) is 2. The van der Waals surface area contributed by atoms with Gasteiger partial charge in [0.05, 0.1) is 11.6 Å². The van der Waals surface area contributed by atoms with E-state index in [1.807, 2.05) is 0 Å². The van der Waals surface area contributed by atoms with Gasteiger partial charge in [0.2, 0.25) is 0 Å². The Balaban J connectivity index is 0. The first-order chi connectivity index (χ1) is 3.72. The molecule has 0 bridgehead atoms. The van der Waals surface area contributed by atoms with Crippen LogP contribution in [0.15, 0.2) is 4.99 Å². The molecule has 1 amide bonds. The van der Waals surface area contributed by atoms with Crippen LogP contribution in [0.3, 0.4) is 0 Å². The van der Waals surface area contributed by atoms with Gasteiger partial charge in [-0.15, -0.1) is 7.05 Å². The summed E-state index contributed by atoms with van der Waals surface area (Å²) in [5.74, 6) is -0.243. The minimum atomic E-state index is -0.243. The molecule has 0 radical (unpaired) electrons. The molecule has 0 heterocycles. The second-order valence-corrected chi connectivity index (χ2v) is 1.34. The van der Waals surface area contributed by atoms with Gasteiger partial charge < -0.3 is 10.1 Å². The Bertz CT molecular complexity index is 122. The van der Waals surface area contributed by atoms with Gasteiger partial charge in [0.15, 0.2) is 0 Å². The standard InChI is InChI=1S/C5H10N2O.Na/c1-4(6-2)5(8)7-3;/h1-3H3,(H,7,8);/q;+1/p-1. The monoisotopic (exact) mass is 136 g/mol. The molecule has 0 aromatic heterocycles. The van der Waals surface area contributed by atoms with E-state index < -0.39 is 0 Å². The Morgan fingerprint density at radius 3 is 2.11 bits per heavy atom. The van der Waals surface area contributed by atoms with Crippen molar-refractivity contribution in [3.63, 3.8) is 0 Å². The summed E-state index contributed by atoms with van der Waals surface area (Å²) < 4.78 is 0. The topological polar surface area (TPSA) is 43.5 Å². The number of nitrogens with zero attached hydrogens (tertiary/aromatic N) is 2. The molecule has 0 aromatic rings. The summed E-state index contributed by atoms with van der Waals surface area (Å²) in [6.45, 7) is 1.63. The van der Waals surface area contributed by atoms with Crippen LogP contribution in [0.1, 0.15) is 6.92 Å². The fourth-order valence-electron chi connectivity index (χ4n) is 0.257. The third-order valence-corrected chi connectivity index (χ3v) is 0.848. The van der Waals surface area contributed by atoms with E-state index in [0.717, 1.165) is 0 Å². The average Bonchev–Trinajstić information content (AvgIpc) is 1.84. The fraction of sp³-hybridized carbons (Fsp3) is 0.600. The third kappa shape index (κ3) is 4.63. The molecule has 0 fully saturated rings. The second-order valence-electron chi connectivity index (χ2n) is 1.34. The van der Waals surface area contributed by atoms with Gasteiger partial charge in [0, 0.05) is 7.05 Å². The van der Waals surface area contributed by atoms with Crippen LogP contribution in [0.25, 0.3) is 5.32 Å². The van der Waals surface area contributed by atoms with Crippen molar-refractivity contribution in [2.75, 3.05) is 14.1 Å². The van der Waals surface area contributed by atoms with Gasteiger partial charge in [0.25, 0.3) is 0 Å². The van der Waals surface area contributed by atoms with E-state index in [9.17, 15) is 4.79 Å². The molecule has 3 nitrogen and oxygen atoms in total. The average molecular weight is 136 g/mol. The maximum Gasteiger partial charge on any atom is 1.00 e. The van der Waals surface area contributed by atoms with Crippen LogP contribution in [-0.2, 0) is 4.79 Å². The number of carbonyl (C=O) groups is 1. The molecule has 9 heavy (non-hydrogen) atoms. The number of carbonyl (C=O) groups excluding carboxylic acids is 1. The summed E-state index contributed by atoms with van der Waals surface area (Å²) in [6.07, 6.45) is 0. The van der Waals surface area contributed by atoms with Gasteiger partial charge in [-0.2, -0.15) is 0 Å². The van der Waals surface area contributed by atoms with Crippen molar-refractivity contribution in [3.05, 3.63) is 5.32 Å². The molecular formula is C5H9N2NaO. The zero-order chi connectivity index (χ0) is 6.57. The van der Waals surface area contributed by atoms with E-state index in [-0.39, 0.29) is 35.5 Å². The summed E-state index contributed by atoms with van der Waals surface area (Å²) in [4.78, 5) is 14.1. The summed E-state index contributed by atoms with van der Waals surface area (Å²) in [6, 6.07) is 0. The van der Waals surface area contributed by atoms with Crippen LogP contribution in [0.2, 0.25) is 0 Å². The minimum absolute atomic E-state index is 0. The maximum absolute atomic E-state index is 10.4. The van der Waals surface area contributed by atoms with Gasteiger partial charge in [-0.25, -0.2) is 0 Å². The fourth-order valence-corrected chi connectivity index (χ4v) is 0.257. The number of aliphatic imine (C=N–C) groups is 1. The quantitative estimate of drug-likeness (QED) is 0.293. The van der Waals surface area contributed by atoms with Crippen LogP contribution in [0, 0.1) is 0 Å². The Kier molecular flexibility index (Phi) is 8.27. The van der Waals surface area contributed by atoms with Crippen LogP contribution in [-0.4, -0.2) is 25.7 Å². The molecule has 0 unspecified atom stereocenters. The Hall–Kier alpha value is 0.140. The molecule has 0 aromatic carbocycles. The van der Waals surface area contributed by atoms with Gasteiger partial charge in [-0.1, -0.05) is 0 Å². The second kappa shape index (κ2) is 6.26. The zero-order valence-corrected chi connectivity index (χ0v) is 8.30. The van der Waals surface area contributed by atoms with Crippen LogP contribution < -0.4 is 29.6 Å². The van der Waals surface area contributed by atoms with Crippen molar-refractivity contribution in [2.45, 2.75) is 6.92 Å². The van der Waals surface area contributed by atoms with Crippen LogP contribution >= 0.6 is 0 Å². The van der Waals surface area contributed by atoms with E-state index in [4.69, 9.17) is 0 Å². The molecule has 0 rings (SSSR count). The van der Waals surface area contributed by atoms with Gasteiger partial charge in [-0.3, -0.25) is 4.99 Å². The first-order valence-corrected chi connectivity index (χ1v) is 2.30. The van der Waals surface area contributed by atoms with Crippen molar-refractivity contribution in [3.8, 4) is 0 Å². The predicted molar refractivity (Wildman–Crippen MR) is 33.3 cm³/mol. The molecule has 0 N–H and O–H groups in total. The van der Waals surface area contributed by atoms with E-state index in [1.165, 1.54) is 7.05 Å². The van der Waals surface area contributed by atoms with Crippen molar-refractivity contribution in [1.29, 1.82) is 0 Å². The van der Waals surface area contributed by atoms with Crippen molar-refractivity contribution < 1.29 is 34.4 Å². The van der Waals surface area contributed by atoms with E-state index in [2.05, 4.69) is 10.3 Å². The smallest absolute Gasteiger partial charge is 0.651 e. The van der Waals surface area contributed by atoms with E-state index in [0.29, 0.717) is 5.71 Å². The number of amides is 1. The van der Waals surface area contributed by atoms with Gasteiger partial charge in [-0.05, 0) is 6.92 Å². The Morgan fingerprint density at radius 2 is 2.00 bits per heavy atom. The Morgan fingerprint density at radius 1 is 1.56 bits per heavy atom. The van der Waals surface area contributed by atoms with Crippen LogP contribution in [0.5, 0.6) is 0 Å². The maximum atomic E-state index is 10.4.